The predicted molar refractivity (Wildman–Crippen MR) is 67.9 cm³/mol. The van der Waals surface area contributed by atoms with Gasteiger partial charge >= 0.3 is 12.1 Å². The van der Waals surface area contributed by atoms with Crippen molar-refractivity contribution >= 4 is 12.1 Å². The van der Waals surface area contributed by atoms with Crippen LogP contribution in [-0.4, -0.2) is 30.3 Å². The zero-order valence-corrected chi connectivity index (χ0v) is 11.4. The number of nitrogens with one attached hydrogen (secondary N) is 1. The quantitative estimate of drug-likeness (QED) is 0.601. The Labute approximate surface area is 108 Å². The summed E-state index contributed by atoms with van der Waals surface area (Å²) < 4.78 is 9.89. The van der Waals surface area contributed by atoms with Crippen LogP contribution < -0.4 is 5.32 Å². The van der Waals surface area contributed by atoms with Gasteiger partial charge in [0.05, 0.1) is 19.1 Å². The van der Waals surface area contributed by atoms with Gasteiger partial charge in [0.1, 0.15) is 5.60 Å². The summed E-state index contributed by atoms with van der Waals surface area (Å²) in [6.45, 7) is 7.29. The van der Waals surface area contributed by atoms with Crippen LogP contribution in [0.15, 0.2) is 0 Å². The second-order valence-electron chi connectivity index (χ2n) is 4.76. The maximum absolute atomic E-state index is 11.5. The summed E-state index contributed by atoms with van der Waals surface area (Å²) in [5.41, 5.74) is -0.589. The molecule has 0 bridgehead atoms. The number of esters is 1. The molecule has 18 heavy (non-hydrogen) atoms. The zero-order chi connectivity index (χ0) is 14.2. The van der Waals surface area contributed by atoms with E-state index in [2.05, 4.69) is 11.2 Å². The smallest absolute Gasteiger partial charge is 0.407 e. The molecule has 5 heteroatoms. The Morgan fingerprint density at radius 2 is 2.00 bits per heavy atom. The minimum Gasteiger partial charge on any atom is -0.466 e. The van der Waals surface area contributed by atoms with Crippen molar-refractivity contribution in [3.63, 3.8) is 0 Å². The van der Waals surface area contributed by atoms with Crippen LogP contribution in [0.3, 0.4) is 0 Å². The van der Waals surface area contributed by atoms with Crippen molar-refractivity contribution in [3.05, 3.63) is 0 Å². The van der Waals surface area contributed by atoms with Crippen LogP contribution >= 0.6 is 0 Å². The monoisotopic (exact) mass is 255 g/mol. The third-order valence-corrected chi connectivity index (χ3v) is 1.80. The molecule has 0 spiro atoms. The van der Waals surface area contributed by atoms with Gasteiger partial charge in [-0.25, -0.2) is 4.79 Å². The van der Waals surface area contributed by atoms with E-state index in [-0.39, 0.29) is 12.8 Å². The molecule has 0 heterocycles. The third kappa shape index (κ3) is 8.45. The van der Waals surface area contributed by atoms with Gasteiger partial charge in [0.2, 0.25) is 0 Å². The highest BCUT2D eigenvalue weighted by molar-refractivity contribution is 5.73. The van der Waals surface area contributed by atoms with E-state index in [0.29, 0.717) is 6.61 Å². The van der Waals surface area contributed by atoms with E-state index >= 15 is 0 Å². The molecule has 0 radical (unpaired) electrons. The van der Waals surface area contributed by atoms with Crippen LogP contribution in [0.2, 0.25) is 0 Å². The van der Waals surface area contributed by atoms with E-state index in [0.717, 1.165) is 0 Å². The highest BCUT2D eigenvalue weighted by Gasteiger charge is 2.21. The molecule has 5 nitrogen and oxygen atoms in total. The SMILES string of the molecule is C#CC[C@H](CC(=O)OCC)NC(=O)OC(C)(C)C. The Hall–Kier alpha value is -1.70. The summed E-state index contributed by atoms with van der Waals surface area (Å²) in [5, 5.41) is 2.56. The summed E-state index contributed by atoms with van der Waals surface area (Å²) in [6, 6.07) is -0.469. The lowest BCUT2D eigenvalue weighted by Gasteiger charge is -2.22. The second-order valence-corrected chi connectivity index (χ2v) is 4.76. The van der Waals surface area contributed by atoms with Gasteiger partial charge in [-0.1, -0.05) is 0 Å². The van der Waals surface area contributed by atoms with E-state index in [1.54, 1.807) is 27.7 Å². The van der Waals surface area contributed by atoms with Crippen molar-refractivity contribution in [2.45, 2.75) is 52.2 Å². The summed E-state index contributed by atoms with van der Waals surface area (Å²) in [5.74, 6) is 2.01. The molecule has 1 N–H and O–H groups in total. The van der Waals surface area contributed by atoms with E-state index in [9.17, 15) is 9.59 Å². The van der Waals surface area contributed by atoms with Crippen LogP contribution in [0.5, 0.6) is 0 Å². The Kier molecular flexibility index (Phi) is 6.88. The molecule has 102 valence electrons. The van der Waals surface area contributed by atoms with Crippen molar-refractivity contribution in [1.82, 2.24) is 5.32 Å². The van der Waals surface area contributed by atoms with E-state index in [1.807, 2.05) is 0 Å². The van der Waals surface area contributed by atoms with Crippen LogP contribution in [-0.2, 0) is 14.3 Å². The minimum atomic E-state index is -0.591. The van der Waals surface area contributed by atoms with Gasteiger partial charge in [0, 0.05) is 6.42 Å². The van der Waals surface area contributed by atoms with Gasteiger partial charge in [-0.15, -0.1) is 12.3 Å². The number of carbonyl (C=O) groups is 2. The Morgan fingerprint density at radius 3 is 2.44 bits per heavy atom. The molecule has 0 rings (SSSR count). The van der Waals surface area contributed by atoms with Crippen LogP contribution in [0.25, 0.3) is 0 Å². The molecular formula is C13H21NO4. The number of alkyl carbamates (subject to hydrolysis) is 1. The largest absolute Gasteiger partial charge is 0.466 e. The molecule has 1 atom stereocenters. The Bertz CT molecular complexity index is 325. The van der Waals surface area contributed by atoms with Crippen molar-refractivity contribution in [2.24, 2.45) is 0 Å². The topological polar surface area (TPSA) is 64.6 Å². The van der Waals surface area contributed by atoms with Crippen molar-refractivity contribution in [3.8, 4) is 12.3 Å². The average molecular weight is 255 g/mol. The molecule has 0 aliphatic rings. The molecule has 0 saturated carbocycles. The Balaban J connectivity index is 4.31. The summed E-state index contributed by atoms with van der Waals surface area (Å²) in [4.78, 5) is 22.8. The van der Waals surface area contributed by atoms with Gasteiger partial charge < -0.3 is 14.8 Å². The summed E-state index contributed by atoms with van der Waals surface area (Å²) in [7, 11) is 0. The number of ether oxygens (including phenoxy) is 2. The first-order valence-corrected chi connectivity index (χ1v) is 5.87. The minimum absolute atomic E-state index is 0.0390. The lowest BCUT2D eigenvalue weighted by atomic mass is 10.1. The fourth-order valence-corrected chi connectivity index (χ4v) is 1.21. The highest BCUT2D eigenvalue weighted by Crippen LogP contribution is 2.08. The number of carbonyl (C=O) groups excluding carboxylic acids is 2. The number of terminal acetylenes is 1. The lowest BCUT2D eigenvalue weighted by Crippen LogP contribution is -2.40. The fourth-order valence-electron chi connectivity index (χ4n) is 1.21. The van der Waals surface area contributed by atoms with Crippen molar-refractivity contribution in [1.29, 1.82) is 0 Å². The molecule has 0 fully saturated rings. The van der Waals surface area contributed by atoms with Gasteiger partial charge in [-0.05, 0) is 27.7 Å². The average Bonchev–Trinajstić information content (AvgIpc) is 2.14. The van der Waals surface area contributed by atoms with E-state index in [1.165, 1.54) is 0 Å². The second kappa shape index (κ2) is 7.59. The first kappa shape index (κ1) is 16.3. The molecule has 1 amide bonds. The molecule has 0 aromatic heterocycles. The molecule has 0 unspecified atom stereocenters. The van der Waals surface area contributed by atoms with Gasteiger partial charge in [-0.2, -0.15) is 0 Å². The van der Waals surface area contributed by atoms with Crippen molar-refractivity contribution < 1.29 is 19.1 Å². The maximum Gasteiger partial charge on any atom is 0.407 e. The van der Waals surface area contributed by atoms with E-state index < -0.39 is 23.7 Å². The first-order valence-electron chi connectivity index (χ1n) is 5.87. The first-order chi connectivity index (χ1) is 8.28. The number of amides is 1. The molecule has 0 aromatic carbocycles. The van der Waals surface area contributed by atoms with E-state index in [4.69, 9.17) is 15.9 Å². The fraction of sp³-hybridized carbons (Fsp3) is 0.692. The molecule has 0 aliphatic carbocycles. The zero-order valence-electron chi connectivity index (χ0n) is 11.4. The molecule has 0 saturated heterocycles. The molecule has 0 aromatic rings. The highest BCUT2D eigenvalue weighted by atomic mass is 16.6. The standard InChI is InChI=1S/C13H21NO4/c1-6-8-10(9-11(15)17-7-2)14-12(16)18-13(3,4)5/h1,10H,7-9H2,2-5H3,(H,14,16)/t10-/m1/s1. The van der Waals surface area contributed by atoms with Crippen LogP contribution in [0, 0.1) is 12.3 Å². The number of rotatable bonds is 5. The van der Waals surface area contributed by atoms with Gasteiger partial charge in [0.25, 0.3) is 0 Å². The van der Waals surface area contributed by atoms with Crippen LogP contribution in [0.1, 0.15) is 40.5 Å². The number of hydrogen-bond donors (Lipinski definition) is 1. The predicted octanol–water partition coefficient (Wildman–Crippen LogP) is 1.86. The van der Waals surface area contributed by atoms with Crippen molar-refractivity contribution in [2.75, 3.05) is 6.61 Å². The molecular weight excluding hydrogens is 234 g/mol. The number of hydrogen-bond acceptors (Lipinski definition) is 4. The van der Waals surface area contributed by atoms with Gasteiger partial charge in [0.15, 0.2) is 0 Å². The van der Waals surface area contributed by atoms with Crippen LogP contribution in [0.4, 0.5) is 4.79 Å². The maximum atomic E-state index is 11.5. The van der Waals surface area contributed by atoms with Gasteiger partial charge in [-0.3, -0.25) is 4.79 Å². The molecule has 0 aliphatic heterocycles. The lowest BCUT2D eigenvalue weighted by molar-refractivity contribution is -0.143. The summed E-state index contributed by atoms with van der Waals surface area (Å²) >= 11 is 0. The normalized spacial score (nSPS) is 12.2. The summed E-state index contributed by atoms with van der Waals surface area (Å²) in [6.07, 6.45) is 4.88. The Morgan fingerprint density at radius 1 is 1.39 bits per heavy atom. The third-order valence-electron chi connectivity index (χ3n) is 1.80.